The van der Waals surface area contributed by atoms with E-state index in [0.717, 1.165) is 18.4 Å². The zero-order chi connectivity index (χ0) is 12.9. The first-order valence-corrected chi connectivity index (χ1v) is 6.01. The smallest absolute Gasteiger partial charge is 0.124 e. The van der Waals surface area contributed by atoms with E-state index in [0.29, 0.717) is 5.75 Å². The van der Waals surface area contributed by atoms with E-state index in [2.05, 4.69) is 0 Å². The van der Waals surface area contributed by atoms with Crippen LogP contribution >= 0.6 is 0 Å². The minimum atomic E-state index is -0.682. The van der Waals surface area contributed by atoms with Crippen molar-refractivity contribution in [3.8, 4) is 5.75 Å². The van der Waals surface area contributed by atoms with Gasteiger partial charge in [-0.15, -0.1) is 0 Å². The van der Waals surface area contributed by atoms with Crippen molar-refractivity contribution in [1.29, 1.82) is 0 Å². The summed E-state index contributed by atoms with van der Waals surface area (Å²) >= 11 is 0. The third-order valence-electron chi connectivity index (χ3n) is 3.54. The Balaban J connectivity index is 3.13. The van der Waals surface area contributed by atoms with E-state index in [9.17, 15) is 5.11 Å². The topological polar surface area (TPSA) is 38.7 Å². The molecule has 0 spiro atoms. The van der Waals surface area contributed by atoms with Crippen LogP contribution in [0, 0.1) is 0 Å². The Morgan fingerprint density at radius 3 is 2.24 bits per heavy atom. The summed E-state index contributed by atoms with van der Waals surface area (Å²) in [6, 6.07) is 7.52. The highest BCUT2D eigenvalue weighted by molar-refractivity contribution is 5.36. The minimum absolute atomic E-state index is 0.547. The molecule has 0 bridgehead atoms. The van der Waals surface area contributed by atoms with E-state index in [4.69, 9.17) is 9.47 Å². The van der Waals surface area contributed by atoms with Gasteiger partial charge in [0.25, 0.3) is 0 Å². The Morgan fingerprint density at radius 2 is 1.76 bits per heavy atom. The standard InChI is InChI=1S/C14H22O3/c1-5-14(6-2,17-4)13(15)11-9-7-8-10-12(11)16-3/h7-10,13,15H,5-6H2,1-4H3. The van der Waals surface area contributed by atoms with E-state index in [1.807, 2.05) is 38.1 Å². The maximum atomic E-state index is 10.5. The van der Waals surface area contributed by atoms with Gasteiger partial charge in [0.05, 0.1) is 12.7 Å². The van der Waals surface area contributed by atoms with Crippen molar-refractivity contribution in [1.82, 2.24) is 0 Å². The van der Waals surface area contributed by atoms with Gasteiger partial charge < -0.3 is 14.6 Å². The number of hydrogen-bond acceptors (Lipinski definition) is 3. The Hall–Kier alpha value is -1.06. The van der Waals surface area contributed by atoms with Crippen LogP contribution in [0.15, 0.2) is 24.3 Å². The SMILES string of the molecule is CCC(CC)(OC)C(O)c1ccccc1OC. The van der Waals surface area contributed by atoms with Gasteiger partial charge in [0.1, 0.15) is 11.9 Å². The molecule has 1 atom stereocenters. The Kier molecular flexibility index (Phi) is 4.97. The molecule has 0 aliphatic rings. The summed E-state index contributed by atoms with van der Waals surface area (Å²) in [7, 11) is 3.25. The number of rotatable bonds is 6. The molecule has 0 radical (unpaired) electrons. The molecule has 0 amide bonds. The van der Waals surface area contributed by atoms with E-state index >= 15 is 0 Å². The van der Waals surface area contributed by atoms with Crippen LogP contribution < -0.4 is 4.74 Å². The lowest BCUT2D eigenvalue weighted by Gasteiger charge is -2.35. The summed E-state index contributed by atoms with van der Waals surface area (Å²) in [4.78, 5) is 0. The third-order valence-corrected chi connectivity index (χ3v) is 3.54. The van der Waals surface area contributed by atoms with Gasteiger partial charge in [-0.05, 0) is 18.9 Å². The Labute approximate surface area is 103 Å². The number of methoxy groups -OCH3 is 2. The highest BCUT2D eigenvalue weighted by atomic mass is 16.5. The van der Waals surface area contributed by atoms with Crippen LogP contribution in [-0.2, 0) is 4.74 Å². The van der Waals surface area contributed by atoms with Gasteiger partial charge in [-0.1, -0.05) is 32.0 Å². The van der Waals surface area contributed by atoms with E-state index < -0.39 is 11.7 Å². The molecule has 17 heavy (non-hydrogen) atoms. The van der Waals surface area contributed by atoms with Crippen molar-refractivity contribution >= 4 is 0 Å². The maximum Gasteiger partial charge on any atom is 0.124 e. The molecule has 0 aliphatic heterocycles. The maximum absolute atomic E-state index is 10.5. The molecule has 0 fully saturated rings. The van der Waals surface area contributed by atoms with Gasteiger partial charge in [-0.3, -0.25) is 0 Å². The average Bonchev–Trinajstić information content (AvgIpc) is 2.41. The fourth-order valence-corrected chi connectivity index (χ4v) is 2.21. The van der Waals surface area contributed by atoms with Crippen LogP contribution in [0.25, 0.3) is 0 Å². The number of aliphatic hydroxyl groups excluding tert-OH is 1. The second-order valence-electron chi connectivity index (χ2n) is 4.12. The normalized spacial score (nSPS) is 13.5. The lowest BCUT2D eigenvalue weighted by Crippen LogP contribution is -2.37. The zero-order valence-corrected chi connectivity index (χ0v) is 11.1. The molecular formula is C14H22O3. The van der Waals surface area contributed by atoms with Gasteiger partial charge in [0.2, 0.25) is 0 Å². The van der Waals surface area contributed by atoms with Crippen LogP contribution in [0.5, 0.6) is 5.75 Å². The molecular weight excluding hydrogens is 216 g/mol. The molecule has 96 valence electrons. The van der Waals surface area contributed by atoms with Crippen molar-refractivity contribution in [3.05, 3.63) is 29.8 Å². The third kappa shape index (κ3) is 2.61. The molecule has 1 N–H and O–H groups in total. The molecule has 0 aromatic heterocycles. The van der Waals surface area contributed by atoms with Gasteiger partial charge in [-0.25, -0.2) is 0 Å². The Bertz CT molecular complexity index is 337. The highest BCUT2D eigenvalue weighted by Gasteiger charge is 2.36. The van der Waals surface area contributed by atoms with E-state index in [-0.39, 0.29) is 0 Å². The second-order valence-corrected chi connectivity index (χ2v) is 4.12. The first kappa shape index (κ1) is 14.0. The summed E-state index contributed by atoms with van der Waals surface area (Å²) in [6.07, 6.45) is 0.817. The average molecular weight is 238 g/mol. The molecule has 0 aliphatic carbocycles. The Morgan fingerprint density at radius 1 is 1.18 bits per heavy atom. The quantitative estimate of drug-likeness (QED) is 0.828. The van der Waals surface area contributed by atoms with Crippen LogP contribution in [-0.4, -0.2) is 24.9 Å². The largest absolute Gasteiger partial charge is 0.496 e. The summed E-state index contributed by atoms with van der Waals surface area (Å²) in [5, 5.41) is 10.5. The molecule has 0 heterocycles. The summed E-state index contributed by atoms with van der Waals surface area (Å²) in [5.41, 5.74) is 0.231. The van der Waals surface area contributed by atoms with Crippen molar-refractivity contribution in [2.24, 2.45) is 0 Å². The lowest BCUT2D eigenvalue weighted by atomic mass is 9.85. The molecule has 1 aromatic rings. The first-order chi connectivity index (χ1) is 8.15. The van der Waals surface area contributed by atoms with Gasteiger partial charge >= 0.3 is 0 Å². The monoisotopic (exact) mass is 238 g/mol. The van der Waals surface area contributed by atoms with Gasteiger partial charge in [0.15, 0.2) is 0 Å². The van der Waals surface area contributed by atoms with Crippen LogP contribution in [0.1, 0.15) is 38.4 Å². The fraction of sp³-hybridized carbons (Fsp3) is 0.571. The number of ether oxygens (including phenoxy) is 2. The first-order valence-electron chi connectivity index (χ1n) is 6.01. The zero-order valence-electron chi connectivity index (χ0n) is 11.1. The summed E-state index contributed by atoms with van der Waals surface area (Å²) in [5.74, 6) is 0.698. The van der Waals surface area contributed by atoms with Crippen LogP contribution in [0.2, 0.25) is 0 Å². The molecule has 3 nitrogen and oxygen atoms in total. The fourth-order valence-electron chi connectivity index (χ4n) is 2.21. The molecule has 0 saturated carbocycles. The van der Waals surface area contributed by atoms with Crippen molar-refractivity contribution in [2.45, 2.75) is 38.4 Å². The number of benzene rings is 1. The summed E-state index contributed by atoms with van der Waals surface area (Å²) < 4.78 is 10.8. The summed E-state index contributed by atoms with van der Waals surface area (Å²) in [6.45, 7) is 4.04. The lowest BCUT2D eigenvalue weighted by molar-refractivity contribution is -0.110. The van der Waals surface area contributed by atoms with Crippen molar-refractivity contribution in [3.63, 3.8) is 0 Å². The molecule has 1 aromatic carbocycles. The van der Waals surface area contributed by atoms with Crippen LogP contribution in [0.3, 0.4) is 0 Å². The van der Waals surface area contributed by atoms with Crippen molar-refractivity contribution < 1.29 is 14.6 Å². The predicted molar refractivity (Wildman–Crippen MR) is 68.3 cm³/mol. The van der Waals surface area contributed by atoms with E-state index in [1.165, 1.54) is 0 Å². The number of aliphatic hydroxyl groups is 1. The van der Waals surface area contributed by atoms with Gasteiger partial charge in [-0.2, -0.15) is 0 Å². The molecule has 1 rings (SSSR count). The predicted octanol–water partition coefficient (Wildman–Crippen LogP) is 2.93. The molecule has 1 unspecified atom stereocenters. The van der Waals surface area contributed by atoms with E-state index in [1.54, 1.807) is 14.2 Å². The highest BCUT2D eigenvalue weighted by Crippen LogP contribution is 2.38. The number of hydrogen-bond donors (Lipinski definition) is 1. The van der Waals surface area contributed by atoms with Crippen LogP contribution in [0.4, 0.5) is 0 Å². The second kappa shape index (κ2) is 6.03. The molecule has 0 saturated heterocycles. The van der Waals surface area contributed by atoms with Gasteiger partial charge in [0, 0.05) is 12.7 Å². The minimum Gasteiger partial charge on any atom is -0.496 e. The van der Waals surface area contributed by atoms with Crippen molar-refractivity contribution in [2.75, 3.05) is 14.2 Å². The number of para-hydroxylation sites is 1. The molecule has 3 heteroatoms.